The summed E-state index contributed by atoms with van der Waals surface area (Å²) in [4.78, 5) is 0. The van der Waals surface area contributed by atoms with E-state index in [-0.39, 0.29) is 0 Å². The monoisotopic (exact) mass is 480 g/mol. The summed E-state index contributed by atoms with van der Waals surface area (Å²) in [7, 11) is 3.61. The molecule has 5 nitrogen and oxygen atoms in total. The minimum Gasteiger partial charge on any atom is -0.331 e. The molecule has 0 fully saturated rings. The normalized spacial score (nSPS) is 11.9. The largest absolute Gasteiger partial charge is 0.397 e. The van der Waals surface area contributed by atoms with Crippen molar-refractivity contribution in [2.24, 2.45) is 0 Å². The second kappa shape index (κ2) is 24.0. The molecule has 32 heavy (non-hydrogen) atoms. The SMILES string of the molecule is CCCCCCCCCCCCCCCCCCCCCC[N+](C)(C)C.COS(=O)(=O)O. The topological polar surface area (TPSA) is 63.6 Å². The first-order valence-electron chi connectivity index (χ1n) is 13.5. The van der Waals surface area contributed by atoms with Crippen molar-refractivity contribution in [1.82, 2.24) is 0 Å². The molecule has 196 valence electrons. The quantitative estimate of drug-likeness (QED) is 0.0969. The number of rotatable bonds is 22. The Labute approximate surface area is 202 Å². The van der Waals surface area contributed by atoms with Crippen molar-refractivity contribution >= 4 is 10.4 Å². The van der Waals surface area contributed by atoms with E-state index >= 15 is 0 Å². The van der Waals surface area contributed by atoms with E-state index in [1.54, 1.807) is 0 Å². The fourth-order valence-corrected chi connectivity index (χ4v) is 3.84. The van der Waals surface area contributed by atoms with Gasteiger partial charge in [0, 0.05) is 0 Å². The molecular formula is C26H58NO4S+. The summed E-state index contributed by atoms with van der Waals surface area (Å²) in [6.07, 6.45) is 29.3. The lowest BCUT2D eigenvalue weighted by atomic mass is 10.0. The van der Waals surface area contributed by atoms with Crippen LogP contribution in [0.3, 0.4) is 0 Å². The molecule has 0 aliphatic rings. The van der Waals surface area contributed by atoms with E-state index in [4.69, 9.17) is 4.55 Å². The molecule has 0 aromatic heterocycles. The van der Waals surface area contributed by atoms with E-state index in [1.807, 2.05) is 0 Å². The van der Waals surface area contributed by atoms with Gasteiger partial charge in [0.2, 0.25) is 0 Å². The van der Waals surface area contributed by atoms with Gasteiger partial charge in [-0.15, -0.1) is 0 Å². The van der Waals surface area contributed by atoms with Crippen LogP contribution in [0.5, 0.6) is 0 Å². The number of quaternary nitrogens is 1. The Kier molecular flexibility index (Phi) is 25.5. The molecule has 0 bridgehead atoms. The molecular weight excluding hydrogens is 422 g/mol. The van der Waals surface area contributed by atoms with E-state index in [0.29, 0.717) is 0 Å². The second-order valence-electron chi connectivity index (χ2n) is 10.3. The maximum Gasteiger partial charge on any atom is 0.397 e. The summed E-state index contributed by atoms with van der Waals surface area (Å²) in [5, 5.41) is 0. The third-order valence-corrected chi connectivity index (χ3v) is 6.31. The lowest BCUT2D eigenvalue weighted by molar-refractivity contribution is -0.870. The van der Waals surface area contributed by atoms with E-state index in [1.165, 1.54) is 135 Å². The Hall–Kier alpha value is -0.170. The summed E-state index contributed by atoms with van der Waals surface area (Å²) in [6.45, 7) is 3.63. The standard InChI is InChI=1S/C25H54N.CH4O4S/c1-5-6-7-8-9-10-11-12-13-14-15-16-17-18-19-20-21-22-23-24-25-26(2,3)4;1-5-6(2,3)4/h5-25H2,1-4H3;1H3,(H,2,3,4)/q+1;. The van der Waals surface area contributed by atoms with Crippen LogP contribution < -0.4 is 0 Å². The van der Waals surface area contributed by atoms with Crippen molar-refractivity contribution in [2.45, 2.75) is 135 Å². The van der Waals surface area contributed by atoms with Crippen molar-refractivity contribution in [2.75, 3.05) is 34.8 Å². The summed E-state index contributed by atoms with van der Waals surface area (Å²) in [6, 6.07) is 0. The molecule has 0 radical (unpaired) electrons. The average molecular weight is 481 g/mol. The summed E-state index contributed by atoms with van der Waals surface area (Å²) < 4.78 is 30.8. The molecule has 0 saturated carbocycles. The Morgan fingerprint density at radius 2 is 0.781 bits per heavy atom. The molecule has 0 aromatic carbocycles. The Morgan fingerprint density at radius 3 is 0.969 bits per heavy atom. The van der Waals surface area contributed by atoms with E-state index in [2.05, 4.69) is 32.2 Å². The molecule has 1 N–H and O–H groups in total. The van der Waals surface area contributed by atoms with Crippen LogP contribution in [0.1, 0.15) is 135 Å². The molecule has 0 heterocycles. The zero-order valence-electron chi connectivity index (χ0n) is 22.4. The van der Waals surface area contributed by atoms with Gasteiger partial charge in [-0.1, -0.05) is 122 Å². The van der Waals surface area contributed by atoms with Gasteiger partial charge in [0.05, 0.1) is 34.8 Å². The third-order valence-electron chi connectivity index (χ3n) is 5.89. The first-order valence-corrected chi connectivity index (χ1v) is 14.8. The number of nitrogens with zero attached hydrogens (tertiary/aromatic N) is 1. The van der Waals surface area contributed by atoms with Gasteiger partial charge in [0.1, 0.15) is 0 Å². The van der Waals surface area contributed by atoms with Crippen molar-refractivity contribution in [3.63, 3.8) is 0 Å². The number of unbranched alkanes of at least 4 members (excludes halogenated alkanes) is 19. The smallest absolute Gasteiger partial charge is 0.331 e. The molecule has 0 unspecified atom stereocenters. The second-order valence-corrected chi connectivity index (χ2v) is 11.5. The van der Waals surface area contributed by atoms with Crippen LogP contribution in [0, 0.1) is 0 Å². The molecule has 0 rings (SSSR count). The highest BCUT2D eigenvalue weighted by Gasteiger charge is 2.05. The molecule has 0 spiro atoms. The van der Waals surface area contributed by atoms with Crippen molar-refractivity contribution in [1.29, 1.82) is 0 Å². The van der Waals surface area contributed by atoms with Gasteiger partial charge in [0.15, 0.2) is 0 Å². The van der Waals surface area contributed by atoms with Gasteiger partial charge in [-0.25, -0.2) is 0 Å². The maximum absolute atomic E-state index is 9.33. The van der Waals surface area contributed by atoms with Crippen molar-refractivity contribution in [3.8, 4) is 0 Å². The maximum atomic E-state index is 9.33. The zero-order valence-corrected chi connectivity index (χ0v) is 23.2. The minimum absolute atomic E-state index is 0.870. The van der Waals surface area contributed by atoms with Crippen LogP contribution in [0.25, 0.3) is 0 Å². The minimum atomic E-state index is -4.16. The van der Waals surface area contributed by atoms with Crippen LogP contribution in [0.4, 0.5) is 0 Å². The highest BCUT2D eigenvalue weighted by atomic mass is 32.3. The van der Waals surface area contributed by atoms with E-state index < -0.39 is 10.4 Å². The van der Waals surface area contributed by atoms with Gasteiger partial charge < -0.3 is 4.48 Å². The molecule has 0 aliphatic carbocycles. The van der Waals surface area contributed by atoms with Crippen LogP contribution >= 0.6 is 0 Å². The van der Waals surface area contributed by atoms with Crippen LogP contribution in [-0.2, 0) is 14.6 Å². The van der Waals surface area contributed by atoms with Gasteiger partial charge in [0.25, 0.3) is 0 Å². The van der Waals surface area contributed by atoms with E-state index in [0.717, 1.165) is 11.6 Å². The zero-order chi connectivity index (χ0) is 24.6. The first-order chi connectivity index (χ1) is 15.1. The summed E-state index contributed by atoms with van der Waals surface area (Å²) in [5.41, 5.74) is 0. The predicted molar refractivity (Wildman–Crippen MR) is 139 cm³/mol. The first kappa shape index (κ1) is 34.0. The predicted octanol–water partition coefficient (Wildman–Crippen LogP) is 7.95. The molecule has 0 saturated heterocycles. The van der Waals surface area contributed by atoms with E-state index in [9.17, 15) is 8.42 Å². The Morgan fingerprint density at radius 1 is 0.562 bits per heavy atom. The van der Waals surface area contributed by atoms with Gasteiger partial charge >= 0.3 is 10.4 Å². The summed E-state index contributed by atoms with van der Waals surface area (Å²) in [5.74, 6) is 0. The fraction of sp³-hybridized carbons (Fsp3) is 1.00. The molecule has 0 aliphatic heterocycles. The van der Waals surface area contributed by atoms with Crippen molar-refractivity contribution in [3.05, 3.63) is 0 Å². The average Bonchev–Trinajstić information content (AvgIpc) is 2.71. The number of hydrogen-bond acceptors (Lipinski definition) is 3. The Bertz CT molecular complexity index is 461. The van der Waals surface area contributed by atoms with Gasteiger partial charge in [-0.2, -0.15) is 8.42 Å². The van der Waals surface area contributed by atoms with Gasteiger partial charge in [-0.3, -0.25) is 8.74 Å². The van der Waals surface area contributed by atoms with Crippen LogP contribution in [-0.4, -0.2) is 52.3 Å². The third kappa shape index (κ3) is 37.2. The molecule has 6 heteroatoms. The number of hydrogen-bond donors (Lipinski definition) is 1. The lowest BCUT2D eigenvalue weighted by Crippen LogP contribution is -2.35. The van der Waals surface area contributed by atoms with Crippen LogP contribution in [0.2, 0.25) is 0 Å². The lowest BCUT2D eigenvalue weighted by Gasteiger charge is -2.23. The highest BCUT2D eigenvalue weighted by Crippen LogP contribution is 2.15. The molecule has 0 amide bonds. The molecule has 0 aromatic rings. The highest BCUT2D eigenvalue weighted by molar-refractivity contribution is 7.80. The van der Waals surface area contributed by atoms with Gasteiger partial charge in [-0.05, 0) is 12.8 Å². The summed E-state index contributed by atoms with van der Waals surface area (Å²) >= 11 is 0. The van der Waals surface area contributed by atoms with Crippen LogP contribution in [0.15, 0.2) is 0 Å². The molecule has 0 atom stereocenters. The van der Waals surface area contributed by atoms with Crippen molar-refractivity contribution < 1.29 is 21.6 Å². The fourth-order valence-electron chi connectivity index (χ4n) is 3.84. The Balaban J connectivity index is 0.